The van der Waals surface area contributed by atoms with E-state index in [2.05, 4.69) is 15.3 Å². The molecule has 28 heavy (non-hydrogen) atoms. The normalized spacial score (nSPS) is 11.5. The quantitative estimate of drug-likeness (QED) is 0.476. The number of methoxy groups -OCH3 is 1. The molecule has 0 spiro atoms. The molecule has 2 aromatic rings. The number of carboxylic acids is 1. The van der Waals surface area contributed by atoms with Gasteiger partial charge in [-0.25, -0.2) is 9.53 Å². The van der Waals surface area contributed by atoms with Gasteiger partial charge in [0.15, 0.2) is 0 Å². The lowest BCUT2D eigenvalue weighted by atomic mass is 10.2. The third-order valence-electron chi connectivity index (χ3n) is 3.85. The highest BCUT2D eigenvalue weighted by molar-refractivity contribution is 5.67. The molecule has 0 amide bonds. The number of benzene rings is 1. The van der Waals surface area contributed by atoms with Crippen LogP contribution in [0.25, 0.3) is 4.85 Å². The van der Waals surface area contributed by atoms with E-state index < -0.39 is 11.5 Å². The van der Waals surface area contributed by atoms with Gasteiger partial charge in [-0.2, -0.15) is 5.10 Å². The van der Waals surface area contributed by atoms with Crippen LogP contribution < -0.4 is 15.6 Å². The molecule has 9 nitrogen and oxygen atoms in total. The Kier molecular flexibility index (Phi) is 7.54. The van der Waals surface area contributed by atoms with E-state index in [9.17, 15) is 9.59 Å². The molecule has 0 radical (unpaired) electrons. The van der Waals surface area contributed by atoms with Gasteiger partial charge in [0.2, 0.25) is 0 Å². The largest absolute Gasteiger partial charge is 0.497 e. The minimum absolute atomic E-state index is 0.0547. The minimum Gasteiger partial charge on any atom is -0.497 e. The SMILES string of the molecule is [C-]#[N+]c1c(N[C@@H](C)COCCC(=O)O)cnn(Cc2ccc(OC)cc2)c1=O. The highest BCUT2D eigenvalue weighted by Gasteiger charge is 2.14. The zero-order chi connectivity index (χ0) is 20.5. The highest BCUT2D eigenvalue weighted by Crippen LogP contribution is 2.20. The van der Waals surface area contributed by atoms with Crippen molar-refractivity contribution in [1.82, 2.24) is 9.78 Å². The van der Waals surface area contributed by atoms with E-state index in [1.165, 1.54) is 10.9 Å². The number of ether oxygens (including phenoxy) is 2. The smallest absolute Gasteiger partial charge is 0.305 e. The van der Waals surface area contributed by atoms with E-state index in [-0.39, 0.29) is 37.9 Å². The fourth-order valence-electron chi connectivity index (χ4n) is 2.44. The second kappa shape index (κ2) is 10.1. The predicted octanol–water partition coefficient (Wildman–Crippen LogP) is 2.14. The van der Waals surface area contributed by atoms with Crippen molar-refractivity contribution in [2.75, 3.05) is 25.6 Å². The van der Waals surface area contributed by atoms with E-state index in [1.54, 1.807) is 26.2 Å². The van der Waals surface area contributed by atoms with E-state index in [4.69, 9.17) is 21.2 Å². The monoisotopic (exact) mass is 386 g/mol. The first kappa shape index (κ1) is 20.9. The summed E-state index contributed by atoms with van der Waals surface area (Å²) in [6.07, 6.45) is 1.36. The molecule has 2 rings (SSSR count). The van der Waals surface area contributed by atoms with Crippen molar-refractivity contribution >= 4 is 17.3 Å². The number of carbonyl (C=O) groups is 1. The Bertz CT molecular complexity index is 902. The zero-order valence-corrected chi connectivity index (χ0v) is 15.7. The lowest BCUT2D eigenvalue weighted by molar-refractivity contribution is -0.138. The van der Waals surface area contributed by atoms with Crippen LogP contribution in [0.3, 0.4) is 0 Å². The van der Waals surface area contributed by atoms with Crippen molar-refractivity contribution in [2.24, 2.45) is 0 Å². The van der Waals surface area contributed by atoms with Crippen molar-refractivity contribution in [3.63, 3.8) is 0 Å². The van der Waals surface area contributed by atoms with Gasteiger partial charge in [-0.1, -0.05) is 12.1 Å². The van der Waals surface area contributed by atoms with E-state index in [0.29, 0.717) is 11.4 Å². The van der Waals surface area contributed by atoms with Crippen LogP contribution in [0.2, 0.25) is 0 Å². The number of nitrogens with one attached hydrogen (secondary N) is 1. The molecule has 0 aliphatic carbocycles. The standard InChI is InChI=1S/C19H22N4O5/c1-13(12-28-9-8-17(24)25)22-16-10-21-23(19(26)18(16)20-2)11-14-4-6-15(27-3)7-5-14/h4-7,10,13,22H,8-9,11-12H2,1,3H3,(H,24,25)/t13-/m0/s1. The van der Waals surface area contributed by atoms with Crippen molar-refractivity contribution in [1.29, 1.82) is 0 Å². The van der Waals surface area contributed by atoms with Gasteiger partial charge in [-0.3, -0.25) is 9.59 Å². The van der Waals surface area contributed by atoms with Crippen molar-refractivity contribution in [3.8, 4) is 5.75 Å². The second-order valence-electron chi connectivity index (χ2n) is 6.09. The molecule has 0 saturated heterocycles. The molecule has 0 bridgehead atoms. The summed E-state index contributed by atoms with van der Waals surface area (Å²) in [5.74, 6) is -0.217. The van der Waals surface area contributed by atoms with Gasteiger partial charge in [0.05, 0.1) is 51.7 Å². The first-order valence-electron chi connectivity index (χ1n) is 8.61. The van der Waals surface area contributed by atoms with Crippen LogP contribution in [0.4, 0.5) is 11.4 Å². The zero-order valence-electron chi connectivity index (χ0n) is 15.7. The van der Waals surface area contributed by atoms with Crippen LogP contribution in [0.15, 0.2) is 35.3 Å². The Morgan fingerprint density at radius 1 is 1.39 bits per heavy atom. The summed E-state index contributed by atoms with van der Waals surface area (Å²) in [6, 6.07) is 7.00. The third-order valence-corrected chi connectivity index (χ3v) is 3.85. The summed E-state index contributed by atoms with van der Waals surface area (Å²) < 4.78 is 11.6. The predicted molar refractivity (Wildman–Crippen MR) is 103 cm³/mol. The molecule has 1 aromatic carbocycles. The Labute approximate surface area is 162 Å². The lowest BCUT2D eigenvalue weighted by Crippen LogP contribution is -2.27. The van der Waals surface area contributed by atoms with Crippen LogP contribution in [0.5, 0.6) is 5.75 Å². The first-order chi connectivity index (χ1) is 13.4. The number of rotatable bonds is 10. The number of hydrogen-bond donors (Lipinski definition) is 2. The Morgan fingerprint density at radius 3 is 2.71 bits per heavy atom. The fourth-order valence-corrected chi connectivity index (χ4v) is 2.44. The van der Waals surface area contributed by atoms with Gasteiger partial charge in [0.1, 0.15) is 5.75 Å². The van der Waals surface area contributed by atoms with Crippen molar-refractivity contribution in [2.45, 2.75) is 25.9 Å². The topological polar surface area (TPSA) is 107 Å². The molecular weight excluding hydrogens is 364 g/mol. The molecule has 2 N–H and O–H groups in total. The lowest BCUT2D eigenvalue weighted by Gasteiger charge is -2.16. The second-order valence-corrected chi connectivity index (χ2v) is 6.09. The number of carboxylic acid groups (broad SMARTS) is 1. The number of aliphatic carboxylic acids is 1. The van der Waals surface area contributed by atoms with Crippen LogP contribution in [-0.4, -0.2) is 47.2 Å². The Hall–Kier alpha value is -3.38. The molecule has 0 fully saturated rings. The molecule has 0 aliphatic rings. The third kappa shape index (κ3) is 5.82. The van der Waals surface area contributed by atoms with Crippen LogP contribution in [0, 0.1) is 6.57 Å². The van der Waals surface area contributed by atoms with Gasteiger partial charge < -0.3 is 19.9 Å². The van der Waals surface area contributed by atoms with Crippen LogP contribution in [0.1, 0.15) is 18.9 Å². The molecular formula is C19H22N4O5. The fraction of sp³-hybridized carbons (Fsp3) is 0.368. The maximum absolute atomic E-state index is 12.6. The highest BCUT2D eigenvalue weighted by atomic mass is 16.5. The summed E-state index contributed by atoms with van der Waals surface area (Å²) in [5.41, 5.74) is 0.628. The summed E-state index contributed by atoms with van der Waals surface area (Å²) >= 11 is 0. The van der Waals surface area contributed by atoms with Gasteiger partial charge in [-0.15, -0.1) is 0 Å². The van der Waals surface area contributed by atoms with Gasteiger partial charge in [0, 0.05) is 6.04 Å². The number of nitrogens with zero attached hydrogens (tertiary/aromatic N) is 3. The van der Waals surface area contributed by atoms with Gasteiger partial charge >= 0.3 is 5.97 Å². The summed E-state index contributed by atoms with van der Waals surface area (Å²) in [7, 11) is 1.58. The molecule has 1 aromatic heterocycles. The summed E-state index contributed by atoms with van der Waals surface area (Å²) in [6.45, 7) is 9.72. The summed E-state index contributed by atoms with van der Waals surface area (Å²) in [4.78, 5) is 26.4. The average Bonchev–Trinajstić information content (AvgIpc) is 2.68. The Balaban J connectivity index is 2.07. The number of anilines is 1. The molecule has 0 unspecified atom stereocenters. The molecule has 148 valence electrons. The molecule has 1 atom stereocenters. The Morgan fingerprint density at radius 2 is 2.11 bits per heavy atom. The summed E-state index contributed by atoms with van der Waals surface area (Å²) in [5, 5.41) is 15.8. The maximum Gasteiger partial charge on any atom is 0.305 e. The molecule has 9 heteroatoms. The van der Waals surface area contributed by atoms with Crippen LogP contribution in [-0.2, 0) is 16.1 Å². The van der Waals surface area contributed by atoms with E-state index >= 15 is 0 Å². The number of aromatic nitrogens is 2. The van der Waals surface area contributed by atoms with Crippen molar-refractivity contribution < 1.29 is 19.4 Å². The first-order valence-corrected chi connectivity index (χ1v) is 8.61. The maximum atomic E-state index is 12.6. The van der Waals surface area contributed by atoms with E-state index in [0.717, 1.165) is 5.56 Å². The van der Waals surface area contributed by atoms with Gasteiger partial charge in [-0.05, 0) is 24.6 Å². The van der Waals surface area contributed by atoms with Crippen molar-refractivity contribution in [3.05, 3.63) is 57.8 Å². The van der Waals surface area contributed by atoms with E-state index in [1.807, 2.05) is 12.1 Å². The van der Waals surface area contributed by atoms with Gasteiger partial charge in [0.25, 0.3) is 11.2 Å². The molecule has 1 heterocycles. The van der Waals surface area contributed by atoms with Crippen LogP contribution >= 0.6 is 0 Å². The minimum atomic E-state index is -0.930. The average molecular weight is 386 g/mol. The number of hydrogen-bond acceptors (Lipinski definition) is 6. The molecule has 0 saturated carbocycles. The molecule has 0 aliphatic heterocycles.